The lowest BCUT2D eigenvalue weighted by Crippen LogP contribution is -2.62. The van der Waals surface area contributed by atoms with E-state index in [1.165, 1.54) is 0 Å². The molecule has 0 aliphatic heterocycles. The monoisotopic (exact) mass is 272 g/mol. The van der Waals surface area contributed by atoms with Gasteiger partial charge in [0.05, 0.1) is 19.3 Å². The fourth-order valence-corrected chi connectivity index (χ4v) is 2.72. The highest BCUT2D eigenvalue weighted by Gasteiger charge is 2.50. The van der Waals surface area contributed by atoms with Gasteiger partial charge in [-0.3, -0.25) is 0 Å². The van der Waals surface area contributed by atoms with Gasteiger partial charge in [0.15, 0.2) is 0 Å². The Bertz CT molecular complexity index is 248. The van der Waals surface area contributed by atoms with Crippen molar-refractivity contribution in [2.75, 3.05) is 47.0 Å². The second-order valence-corrected chi connectivity index (χ2v) is 5.96. The van der Waals surface area contributed by atoms with Crippen LogP contribution in [0.25, 0.3) is 0 Å². The second-order valence-electron chi connectivity index (χ2n) is 5.96. The Hall–Kier alpha value is -0.160. The van der Waals surface area contributed by atoms with Crippen LogP contribution >= 0.6 is 0 Å². The molecule has 3 atom stereocenters. The minimum atomic E-state index is 0.291. The van der Waals surface area contributed by atoms with Crippen molar-refractivity contribution in [2.45, 2.75) is 45.8 Å². The summed E-state index contributed by atoms with van der Waals surface area (Å²) in [5.74, 6) is 0. The minimum Gasteiger partial charge on any atom is -0.379 e. The van der Waals surface area contributed by atoms with Crippen molar-refractivity contribution < 1.29 is 9.47 Å². The van der Waals surface area contributed by atoms with E-state index >= 15 is 0 Å². The molecule has 1 aliphatic carbocycles. The molecule has 0 spiro atoms. The van der Waals surface area contributed by atoms with Crippen molar-refractivity contribution in [2.24, 2.45) is 5.41 Å². The predicted octanol–water partition coefficient (Wildman–Crippen LogP) is 1.75. The molecule has 3 unspecified atom stereocenters. The SMILES string of the molecule is CCOC1CC(NCCOCCN(C)C)C1(C)CC. The van der Waals surface area contributed by atoms with Gasteiger partial charge in [-0.05, 0) is 33.9 Å². The quantitative estimate of drug-likeness (QED) is 0.614. The molecule has 0 amide bonds. The first-order valence-corrected chi connectivity index (χ1v) is 7.62. The van der Waals surface area contributed by atoms with Crippen LogP contribution in [0.15, 0.2) is 0 Å². The average Bonchev–Trinajstić information content (AvgIpc) is 2.38. The number of ether oxygens (including phenoxy) is 2. The lowest BCUT2D eigenvalue weighted by Gasteiger charge is -2.53. The molecule has 0 aromatic carbocycles. The van der Waals surface area contributed by atoms with Gasteiger partial charge in [-0.15, -0.1) is 0 Å². The lowest BCUT2D eigenvalue weighted by molar-refractivity contribution is -0.126. The van der Waals surface area contributed by atoms with Crippen LogP contribution in [0, 0.1) is 5.41 Å². The summed E-state index contributed by atoms with van der Waals surface area (Å²) in [6.07, 6.45) is 2.72. The summed E-state index contributed by atoms with van der Waals surface area (Å²) in [5, 5.41) is 3.62. The average molecular weight is 272 g/mol. The van der Waals surface area contributed by atoms with Crippen LogP contribution in [0.1, 0.15) is 33.6 Å². The van der Waals surface area contributed by atoms with Crippen LogP contribution in [0.5, 0.6) is 0 Å². The smallest absolute Gasteiger partial charge is 0.0658 e. The fourth-order valence-electron chi connectivity index (χ4n) is 2.72. The maximum atomic E-state index is 5.81. The zero-order valence-electron chi connectivity index (χ0n) is 13.4. The van der Waals surface area contributed by atoms with Gasteiger partial charge in [-0.2, -0.15) is 0 Å². The van der Waals surface area contributed by atoms with Gasteiger partial charge in [0, 0.05) is 31.2 Å². The number of nitrogens with zero attached hydrogens (tertiary/aromatic N) is 1. The van der Waals surface area contributed by atoms with E-state index in [9.17, 15) is 0 Å². The molecule has 0 bridgehead atoms. The molecule has 1 aliphatic rings. The molecular formula is C15H32N2O2. The van der Waals surface area contributed by atoms with Gasteiger partial charge < -0.3 is 19.7 Å². The molecule has 1 fully saturated rings. The number of hydrogen-bond donors (Lipinski definition) is 1. The first-order valence-electron chi connectivity index (χ1n) is 7.62. The zero-order valence-corrected chi connectivity index (χ0v) is 13.4. The Morgan fingerprint density at radius 1 is 1.26 bits per heavy atom. The molecular weight excluding hydrogens is 240 g/mol. The van der Waals surface area contributed by atoms with E-state index in [4.69, 9.17) is 9.47 Å². The number of nitrogens with one attached hydrogen (secondary N) is 1. The van der Waals surface area contributed by atoms with E-state index in [0.717, 1.165) is 45.8 Å². The first kappa shape index (κ1) is 16.9. The van der Waals surface area contributed by atoms with Crippen molar-refractivity contribution in [1.82, 2.24) is 10.2 Å². The fraction of sp³-hybridized carbons (Fsp3) is 1.00. The summed E-state index contributed by atoms with van der Waals surface area (Å²) in [6.45, 7) is 11.0. The Kier molecular flexibility index (Phi) is 7.29. The van der Waals surface area contributed by atoms with Gasteiger partial charge in [0.2, 0.25) is 0 Å². The van der Waals surface area contributed by atoms with Gasteiger partial charge in [-0.1, -0.05) is 13.8 Å². The molecule has 1 rings (SSSR count). The first-order chi connectivity index (χ1) is 9.04. The number of rotatable bonds is 10. The van der Waals surface area contributed by atoms with Gasteiger partial charge in [0.1, 0.15) is 0 Å². The van der Waals surface area contributed by atoms with Gasteiger partial charge >= 0.3 is 0 Å². The summed E-state index contributed by atoms with van der Waals surface area (Å²) in [4.78, 5) is 2.14. The largest absolute Gasteiger partial charge is 0.379 e. The Morgan fingerprint density at radius 2 is 2.00 bits per heavy atom. The summed E-state index contributed by atoms with van der Waals surface area (Å²) < 4.78 is 11.4. The van der Waals surface area contributed by atoms with Crippen molar-refractivity contribution in [3.05, 3.63) is 0 Å². The summed E-state index contributed by atoms with van der Waals surface area (Å²) in [6, 6.07) is 0.575. The normalized spacial score (nSPS) is 30.6. The van der Waals surface area contributed by atoms with E-state index < -0.39 is 0 Å². The molecule has 19 heavy (non-hydrogen) atoms. The summed E-state index contributed by atoms with van der Waals surface area (Å²) >= 11 is 0. The van der Waals surface area contributed by atoms with Crippen LogP contribution in [0.4, 0.5) is 0 Å². The molecule has 0 aromatic rings. The number of likely N-dealkylation sites (N-methyl/N-ethyl adjacent to an activating group) is 1. The van der Waals surface area contributed by atoms with E-state index in [1.807, 2.05) is 0 Å². The van der Waals surface area contributed by atoms with Gasteiger partial charge in [0.25, 0.3) is 0 Å². The lowest BCUT2D eigenvalue weighted by atomic mass is 9.61. The molecule has 0 saturated heterocycles. The highest BCUT2D eigenvalue weighted by molar-refractivity contribution is 5.04. The third-order valence-electron chi connectivity index (χ3n) is 4.43. The predicted molar refractivity (Wildman–Crippen MR) is 79.6 cm³/mol. The third kappa shape index (κ3) is 4.71. The van der Waals surface area contributed by atoms with Crippen molar-refractivity contribution in [3.8, 4) is 0 Å². The van der Waals surface area contributed by atoms with E-state index in [-0.39, 0.29) is 0 Å². The van der Waals surface area contributed by atoms with Crippen LogP contribution in [-0.2, 0) is 9.47 Å². The molecule has 0 radical (unpaired) electrons. The summed E-state index contributed by atoms with van der Waals surface area (Å²) in [7, 11) is 4.13. The molecule has 1 N–H and O–H groups in total. The van der Waals surface area contributed by atoms with Crippen LogP contribution in [-0.4, -0.2) is 64.1 Å². The van der Waals surface area contributed by atoms with Crippen molar-refractivity contribution >= 4 is 0 Å². The maximum absolute atomic E-state index is 5.81. The zero-order chi connectivity index (χ0) is 14.3. The maximum Gasteiger partial charge on any atom is 0.0658 e. The highest BCUT2D eigenvalue weighted by atomic mass is 16.5. The molecule has 4 nitrogen and oxygen atoms in total. The van der Waals surface area contributed by atoms with E-state index in [2.05, 4.69) is 45.1 Å². The highest BCUT2D eigenvalue weighted by Crippen LogP contribution is 2.45. The Morgan fingerprint density at radius 3 is 2.58 bits per heavy atom. The van der Waals surface area contributed by atoms with E-state index in [1.54, 1.807) is 0 Å². The van der Waals surface area contributed by atoms with Gasteiger partial charge in [-0.25, -0.2) is 0 Å². The van der Waals surface area contributed by atoms with Crippen LogP contribution < -0.4 is 5.32 Å². The summed E-state index contributed by atoms with van der Waals surface area (Å²) in [5.41, 5.74) is 0.291. The molecule has 1 saturated carbocycles. The second kappa shape index (κ2) is 8.20. The van der Waals surface area contributed by atoms with Crippen molar-refractivity contribution in [3.63, 3.8) is 0 Å². The molecule has 0 heterocycles. The standard InChI is InChI=1S/C15H32N2O2/c1-6-15(3)13(12-14(15)19-7-2)16-8-10-18-11-9-17(4)5/h13-14,16H,6-12H2,1-5H3. The van der Waals surface area contributed by atoms with Crippen LogP contribution in [0.3, 0.4) is 0 Å². The topological polar surface area (TPSA) is 33.7 Å². The number of hydrogen-bond acceptors (Lipinski definition) is 4. The Labute approximate surface area is 118 Å². The minimum absolute atomic E-state index is 0.291. The molecule has 0 aromatic heterocycles. The molecule has 4 heteroatoms. The molecule has 114 valence electrons. The third-order valence-corrected chi connectivity index (χ3v) is 4.43. The van der Waals surface area contributed by atoms with Crippen LogP contribution in [0.2, 0.25) is 0 Å². The Balaban J connectivity index is 2.13. The van der Waals surface area contributed by atoms with Crippen molar-refractivity contribution in [1.29, 1.82) is 0 Å². The van der Waals surface area contributed by atoms with E-state index in [0.29, 0.717) is 17.6 Å².